The molecular weight excluding hydrogens is 162 g/mol. The third-order valence-electron chi connectivity index (χ3n) is 2.23. The first-order valence-electron chi connectivity index (χ1n) is 3.93. The third kappa shape index (κ3) is 2.04. The number of hydrogen-bond acceptors (Lipinski definition) is 1. The Morgan fingerprint density at radius 2 is 1.92 bits per heavy atom. The molecule has 0 unspecified atom stereocenters. The summed E-state index contributed by atoms with van der Waals surface area (Å²) in [5.41, 5.74) is 0. The van der Waals surface area contributed by atoms with Gasteiger partial charge in [0.05, 0.1) is 0 Å². The summed E-state index contributed by atoms with van der Waals surface area (Å²) < 4.78 is 25.2. The zero-order chi connectivity index (χ0) is 9.19. The number of halogens is 2. The molecule has 1 aliphatic rings. The van der Waals surface area contributed by atoms with E-state index in [0.717, 1.165) is 0 Å². The molecule has 0 N–H and O–H groups in total. The summed E-state index contributed by atoms with van der Waals surface area (Å²) >= 11 is 0. The molecule has 0 spiro atoms. The largest absolute Gasteiger partial charge is 0.285 e. The summed E-state index contributed by atoms with van der Waals surface area (Å²) in [7, 11) is 0. The number of carbonyl (C=O) groups excluding carboxylic acids is 1. The minimum Gasteiger partial charge on any atom is -0.285 e. The molecular formula is C9H10F2O. The van der Waals surface area contributed by atoms with E-state index in [9.17, 15) is 13.6 Å². The summed E-state index contributed by atoms with van der Waals surface area (Å²) in [4.78, 5) is 10.9. The van der Waals surface area contributed by atoms with Crippen LogP contribution >= 0.6 is 0 Å². The molecule has 0 radical (unpaired) electrons. The maximum Gasteiger partial charge on any atom is 0.248 e. The highest BCUT2D eigenvalue weighted by Gasteiger charge is 2.36. The van der Waals surface area contributed by atoms with Crippen molar-refractivity contribution in [3.8, 4) is 12.3 Å². The fraction of sp³-hybridized carbons (Fsp3) is 0.667. The second kappa shape index (κ2) is 3.22. The predicted octanol–water partition coefficient (Wildman–Crippen LogP) is 2.01. The molecule has 1 aliphatic carbocycles. The van der Waals surface area contributed by atoms with Gasteiger partial charge in [0.2, 0.25) is 11.7 Å². The van der Waals surface area contributed by atoms with Crippen molar-refractivity contribution in [2.75, 3.05) is 0 Å². The average molecular weight is 172 g/mol. The fourth-order valence-corrected chi connectivity index (χ4v) is 1.42. The molecule has 0 aliphatic heterocycles. The van der Waals surface area contributed by atoms with Crippen LogP contribution in [0, 0.1) is 18.3 Å². The Morgan fingerprint density at radius 1 is 1.42 bits per heavy atom. The Kier molecular flexibility index (Phi) is 2.46. The van der Waals surface area contributed by atoms with E-state index in [-0.39, 0.29) is 37.4 Å². The van der Waals surface area contributed by atoms with Gasteiger partial charge in [-0.2, -0.15) is 0 Å². The van der Waals surface area contributed by atoms with E-state index in [2.05, 4.69) is 0 Å². The molecule has 0 aromatic heterocycles. The molecule has 0 saturated heterocycles. The lowest BCUT2D eigenvalue weighted by atomic mass is 9.84. The van der Waals surface area contributed by atoms with E-state index >= 15 is 0 Å². The van der Waals surface area contributed by atoms with Gasteiger partial charge in [0, 0.05) is 18.8 Å². The van der Waals surface area contributed by atoms with Gasteiger partial charge >= 0.3 is 0 Å². The Balaban J connectivity index is 2.48. The summed E-state index contributed by atoms with van der Waals surface area (Å²) in [5, 5.41) is 0. The third-order valence-corrected chi connectivity index (χ3v) is 2.23. The van der Waals surface area contributed by atoms with Crippen molar-refractivity contribution in [1.82, 2.24) is 0 Å². The summed E-state index contributed by atoms with van der Waals surface area (Å²) in [5.74, 6) is -1.25. The lowest BCUT2D eigenvalue weighted by Gasteiger charge is -2.25. The van der Waals surface area contributed by atoms with Gasteiger partial charge in [-0.05, 0) is 18.8 Å². The van der Waals surface area contributed by atoms with Gasteiger partial charge in [0.15, 0.2) is 0 Å². The van der Waals surface area contributed by atoms with Crippen LogP contribution in [0.25, 0.3) is 0 Å². The zero-order valence-electron chi connectivity index (χ0n) is 6.65. The SMILES string of the molecule is C#CC(=O)C1CCC(F)(F)CC1. The van der Waals surface area contributed by atoms with Crippen LogP contribution in [0.2, 0.25) is 0 Å². The van der Waals surface area contributed by atoms with Gasteiger partial charge in [0.1, 0.15) is 0 Å². The first-order chi connectivity index (χ1) is 5.55. The number of hydrogen-bond donors (Lipinski definition) is 0. The van der Waals surface area contributed by atoms with Gasteiger partial charge in [-0.15, -0.1) is 6.42 Å². The quantitative estimate of drug-likeness (QED) is 0.437. The minimum atomic E-state index is -2.58. The van der Waals surface area contributed by atoms with Gasteiger partial charge in [-0.3, -0.25) is 4.79 Å². The topological polar surface area (TPSA) is 17.1 Å². The molecule has 0 atom stereocenters. The lowest BCUT2D eigenvalue weighted by molar-refractivity contribution is -0.121. The normalized spacial score (nSPS) is 23.1. The maximum atomic E-state index is 12.6. The molecule has 1 saturated carbocycles. The highest BCUT2D eigenvalue weighted by Crippen LogP contribution is 2.36. The Labute approximate surface area is 70.1 Å². The monoisotopic (exact) mass is 172 g/mol. The second-order valence-electron chi connectivity index (χ2n) is 3.14. The molecule has 0 aromatic carbocycles. The Hall–Kier alpha value is -0.910. The van der Waals surface area contributed by atoms with E-state index < -0.39 is 5.92 Å². The van der Waals surface area contributed by atoms with Crippen molar-refractivity contribution >= 4 is 5.78 Å². The Bertz CT molecular complexity index is 217. The number of rotatable bonds is 1. The van der Waals surface area contributed by atoms with Crippen LogP contribution in [0.15, 0.2) is 0 Å². The zero-order valence-corrected chi connectivity index (χ0v) is 6.65. The van der Waals surface area contributed by atoms with E-state index in [0.29, 0.717) is 0 Å². The number of terminal acetylenes is 1. The van der Waals surface area contributed by atoms with Gasteiger partial charge in [-0.25, -0.2) is 8.78 Å². The molecule has 12 heavy (non-hydrogen) atoms. The molecule has 66 valence electrons. The van der Waals surface area contributed by atoms with E-state index in [1.165, 1.54) is 0 Å². The van der Waals surface area contributed by atoms with Crippen molar-refractivity contribution in [2.45, 2.75) is 31.6 Å². The highest BCUT2D eigenvalue weighted by molar-refractivity contribution is 5.96. The molecule has 0 heterocycles. The minimum absolute atomic E-state index is 0.203. The van der Waals surface area contributed by atoms with Crippen molar-refractivity contribution in [2.24, 2.45) is 5.92 Å². The van der Waals surface area contributed by atoms with Crippen molar-refractivity contribution < 1.29 is 13.6 Å². The molecule has 3 heteroatoms. The smallest absolute Gasteiger partial charge is 0.248 e. The molecule has 0 bridgehead atoms. The van der Waals surface area contributed by atoms with Crippen LogP contribution < -0.4 is 0 Å². The molecule has 0 aromatic rings. The number of carbonyl (C=O) groups is 1. The highest BCUT2D eigenvalue weighted by atomic mass is 19.3. The number of alkyl halides is 2. The Morgan fingerprint density at radius 3 is 2.33 bits per heavy atom. The van der Waals surface area contributed by atoms with E-state index in [1.54, 1.807) is 0 Å². The predicted molar refractivity (Wildman–Crippen MR) is 40.7 cm³/mol. The van der Waals surface area contributed by atoms with Crippen LogP contribution in [0.5, 0.6) is 0 Å². The van der Waals surface area contributed by atoms with Crippen molar-refractivity contribution in [3.63, 3.8) is 0 Å². The molecule has 1 nitrogen and oxygen atoms in total. The molecule has 1 rings (SSSR count). The average Bonchev–Trinajstić information content (AvgIpc) is 2.03. The van der Waals surface area contributed by atoms with Crippen LogP contribution in [0.3, 0.4) is 0 Å². The van der Waals surface area contributed by atoms with E-state index in [1.807, 2.05) is 5.92 Å². The maximum absolute atomic E-state index is 12.6. The standard InChI is InChI=1S/C9H10F2O/c1-2-8(12)7-3-5-9(10,11)6-4-7/h1,7H,3-6H2. The van der Waals surface area contributed by atoms with Crippen LogP contribution in [0.1, 0.15) is 25.7 Å². The van der Waals surface area contributed by atoms with E-state index in [4.69, 9.17) is 6.42 Å². The number of Topliss-reactive ketones (excluding diaryl/α,β-unsaturated/α-hetero) is 1. The fourth-order valence-electron chi connectivity index (χ4n) is 1.42. The van der Waals surface area contributed by atoms with Crippen LogP contribution in [-0.4, -0.2) is 11.7 Å². The first-order valence-corrected chi connectivity index (χ1v) is 3.93. The summed E-state index contributed by atoms with van der Waals surface area (Å²) in [6, 6.07) is 0. The van der Waals surface area contributed by atoms with Crippen molar-refractivity contribution in [3.05, 3.63) is 0 Å². The van der Waals surface area contributed by atoms with Crippen molar-refractivity contribution in [1.29, 1.82) is 0 Å². The van der Waals surface area contributed by atoms with Gasteiger partial charge in [0.25, 0.3) is 0 Å². The van der Waals surface area contributed by atoms with Crippen LogP contribution in [-0.2, 0) is 4.79 Å². The number of ketones is 1. The summed E-state index contributed by atoms with van der Waals surface area (Å²) in [6.07, 6.45) is 4.94. The molecule has 1 fully saturated rings. The van der Waals surface area contributed by atoms with Crippen LogP contribution in [0.4, 0.5) is 8.78 Å². The van der Waals surface area contributed by atoms with Gasteiger partial charge < -0.3 is 0 Å². The van der Waals surface area contributed by atoms with Gasteiger partial charge in [-0.1, -0.05) is 0 Å². The second-order valence-corrected chi connectivity index (χ2v) is 3.14. The first kappa shape index (κ1) is 9.18. The lowest BCUT2D eigenvalue weighted by Crippen LogP contribution is -2.28. The summed E-state index contributed by atoms with van der Waals surface area (Å²) in [6.45, 7) is 0. The molecule has 0 amide bonds.